The molecule has 0 aliphatic heterocycles. The van der Waals surface area contributed by atoms with Crippen molar-refractivity contribution in [1.82, 2.24) is 5.32 Å². The van der Waals surface area contributed by atoms with Gasteiger partial charge < -0.3 is 9.73 Å². The number of hydrogen-bond acceptors (Lipinski definition) is 2. The Bertz CT molecular complexity index is 492. The molecule has 1 atom stereocenters. The molecule has 0 amide bonds. The molecule has 0 fully saturated rings. The number of nitrogens with one attached hydrogen (secondary N) is 1. The zero-order valence-corrected chi connectivity index (χ0v) is 10.8. The van der Waals surface area contributed by atoms with Gasteiger partial charge in [-0.25, -0.2) is 0 Å². The molecular weight excluding hydrogens is 234 g/mol. The highest BCUT2D eigenvalue weighted by Gasteiger charge is 2.07. The van der Waals surface area contributed by atoms with Crippen LogP contribution in [-0.2, 0) is 6.54 Å². The lowest BCUT2D eigenvalue weighted by molar-refractivity contribution is 0.458. The Labute approximate surface area is 107 Å². The van der Waals surface area contributed by atoms with Crippen molar-refractivity contribution in [1.29, 1.82) is 0 Å². The largest absolute Gasteiger partial charge is 0.468 e. The zero-order chi connectivity index (χ0) is 12.3. The Morgan fingerprint density at radius 2 is 2.18 bits per heavy atom. The van der Waals surface area contributed by atoms with Gasteiger partial charge in [0.25, 0.3) is 0 Å². The molecule has 0 unspecified atom stereocenters. The summed E-state index contributed by atoms with van der Waals surface area (Å²) in [6.45, 7) is 4.89. The molecule has 0 aliphatic carbocycles. The minimum absolute atomic E-state index is 0.248. The Morgan fingerprint density at radius 1 is 1.35 bits per heavy atom. The number of rotatable bonds is 4. The fourth-order valence-electron chi connectivity index (χ4n) is 1.72. The van der Waals surface area contributed by atoms with Crippen molar-refractivity contribution < 1.29 is 4.42 Å². The van der Waals surface area contributed by atoms with Crippen molar-refractivity contribution in [3.63, 3.8) is 0 Å². The summed E-state index contributed by atoms with van der Waals surface area (Å²) in [5, 5.41) is 4.19. The first-order valence-electron chi connectivity index (χ1n) is 5.68. The maximum atomic E-state index is 5.97. The molecule has 0 saturated heterocycles. The van der Waals surface area contributed by atoms with Gasteiger partial charge in [0.05, 0.1) is 12.8 Å². The molecule has 0 aliphatic rings. The van der Waals surface area contributed by atoms with Gasteiger partial charge >= 0.3 is 0 Å². The van der Waals surface area contributed by atoms with Crippen molar-refractivity contribution in [2.45, 2.75) is 26.4 Å². The third-order valence-corrected chi connectivity index (χ3v) is 3.12. The second kappa shape index (κ2) is 5.39. The van der Waals surface area contributed by atoms with Crippen LogP contribution in [0, 0.1) is 6.92 Å². The summed E-state index contributed by atoms with van der Waals surface area (Å²) in [6, 6.07) is 10.1. The fraction of sp³-hybridized carbons (Fsp3) is 0.286. The van der Waals surface area contributed by atoms with Crippen LogP contribution in [0.25, 0.3) is 0 Å². The Kier molecular flexibility index (Phi) is 3.87. The summed E-state index contributed by atoms with van der Waals surface area (Å²) < 4.78 is 5.39. The Hall–Kier alpha value is -1.25. The lowest BCUT2D eigenvalue weighted by Crippen LogP contribution is -2.18. The van der Waals surface area contributed by atoms with Gasteiger partial charge in [0, 0.05) is 11.1 Å². The summed E-state index contributed by atoms with van der Waals surface area (Å²) in [5.41, 5.74) is 2.36. The van der Waals surface area contributed by atoms with E-state index in [1.165, 1.54) is 11.1 Å². The average Bonchev–Trinajstić information content (AvgIpc) is 2.72. The molecule has 1 aromatic carbocycles. The second-order valence-corrected chi connectivity index (χ2v) is 4.62. The minimum Gasteiger partial charge on any atom is -0.468 e. The van der Waals surface area contributed by atoms with E-state index in [0.29, 0.717) is 0 Å². The lowest BCUT2D eigenvalue weighted by atomic mass is 10.1. The van der Waals surface area contributed by atoms with Crippen LogP contribution < -0.4 is 5.32 Å². The number of benzene rings is 1. The van der Waals surface area contributed by atoms with E-state index in [0.717, 1.165) is 17.3 Å². The molecule has 1 N–H and O–H groups in total. The van der Waals surface area contributed by atoms with Crippen molar-refractivity contribution >= 4 is 11.6 Å². The lowest BCUT2D eigenvalue weighted by Gasteiger charge is -2.13. The maximum Gasteiger partial charge on any atom is 0.120 e. The fourth-order valence-corrected chi connectivity index (χ4v) is 1.92. The first-order valence-corrected chi connectivity index (χ1v) is 6.06. The highest BCUT2D eigenvalue weighted by atomic mass is 35.5. The number of hydrogen-bond donors (Lipinski definition) is 1. The molecule has 2 nitrogen and oxygen atoms in total. The van der Waals surface area contributed by atoms with Gasteiger partial charge in [-0.1, -0.05) is 23.7 Å². The van der Waals surface area contributed by atoms with Crippen LogP contribution in [0.4, 0.5) is 0 Å². The topological polar surface area (TPSA) is 25.2 Å². The Balaban J connectivity index is 1.98. The molecule has 1 aromatic heterocycles. The third-order valence-electron chi connectivity index (χ3n) is 2.89. The smallest absolute Gasteiger partial charge is 0.120 e. The van der Waals surface area contributed by atoms with Crippen LogP contribution >= 0.6 is 11.6 Å². The maximum absolute atomic E-state index is 5.97. The van der Waals surface area contributed by atoms with E-state index in [1.54, 1.807) is 6.26 Å². The van der Waals surface area contributed by atoms with Crippen molar-refractivity contribution in [2.75, 3.05) is 0 Å². The summed E-state index contributed by atoms with van der Waals surface area (Å²) in [6.07, 6.45) is 1.72. The van der Waals surface area contributed by atoms with E-state index in [1.807, 2.05) is 31.2 Å². The summed E-state index contributed by atoms with van der Waals surface area (Å²) in [5.74, 6) is 0.985. The molecule has 2 rings (SSSR count). The average molecular weight is 250 g/mol. The van der Waals surface area contributed by atoms with E-state index in [9.17, 15) is 0 Å². The van der Waals surface area contributed by atoms with Gasteiger partial charge in [-0.15, -0.1) is 0 Å². The third kappa shape index (κ3) is 3.11. The van der Waals surface area contributed by atoms with Crippen molar-refractivity contribution in [3.8, 4) is 0 Å². The first-order chi connectivity index (χ1) is 8.16. The number of halogens is 1. The molecule has 0 radical (unpaired) electrons. The van der Waals surface area contributed by atoms with Gasteiger partial charge in [0.1, 0.15) is 5.76 Å². The zero-order valence-electron chi connectivity index (χ0n) is 10.0. The van der Waals surface area contributed by atoms with Crippen LogP contribution in [0.2, 0.25) is 5.02 Å². The Morgan fingerprint density at radius 3 is 2.82 bits per heavy atom. The molecule has 2 aromatic rings. The predicted octanol–water partition coefficient (Wildman–Crippen LogP) is 4.09. The number of aryl methyl sites for hydroxylation is 1. The van der Waals surface area contributed by atoms with Crippen molar-refractivity contribution in [2.24, 2.45) is 0 Å². The molecular formula is C14H16ClNO. The molecule has 3 heteroatoms. The normalized spacial score (nSPS) is 12.6. The summed E-state index contributed by atoms with van der Waals surface area (Å²) in [7, 11) is 0. The van der Waals surface area contributed by atoms with Crippen LogP contribution in [0.5, 0.6) is 0 Å². The summed E-state index contributed by atoms with van der Waals surface area (Å²) >= 11 is 5.97. The SMILES string of the molecule is Cc1ccoc1CN[C@H](C)c1cccc(Cl)c1. The standard InChI is InChI=1S/C14H16ClNO/c1-10-6-7-17-14(10)9-16-11(2)12-4-3-5-13(15)8-12/h3-8,11,16H,9H2,1-2H3/t11-/m1/s1. The molecule has 0 spiro atoms. The van der Waals surface area contributed by atoms with E-state index in [4.69, 9.17) is 16.0 Å². The van der Waals surface area contributed by atoms with E-state index < -0.39 is 0 Å². The van der Waals surface area contributed by atoms with Crippen molar-refractivity contribution in [3.05, 3.63) is 58.5 Å². The molecule has 0 saturated carbocycles. The quantitative estimate of drug-likeness (QED) is 0.883. The van der Waals surface area contributed by atoms with Gasteiger partial charge in [-0.2, -0.15) is 0 Å². The van der Waals surface area contributed by atoms with Gasteiger partial charge in [-0.05, 0) is 43.2 Å². The first kappa shape index (κ1) is 12.2. The van der Waals surface area contributed by atoms with Gasteiger partial charge in [-0.3, -0.25) is 0 Å². The van der Waals surface area contributed by atoms with E-state index in [2.05, 4.69) is 18.3 Å². The van der Waals surface area contributed by atoms with Gasteiger partial charge in [0.15, 0.2) is 0 Å². The van der Waals surface area contributed by atoms with E-state index >= 15 is 0 Å². The van der Waals surface area contributed by atoms with E-state index in [-0.39, 0.29) is 6.04 Å². The molecule has 17 heavy (non-hydrogen) atoms. The highest BCUT2D eigenvalue weighted by Crippen LogP contribution is 2.18. The highest BCUT2D eigenvalue weighted by molar-refractivity contribution is 6.30. The molecule has 90 valence electrons. The predicted molar refractivity (Wildman–Crippen MR) is 70.2 cm³/mol. The number of furan rings is 1. The van der Waals surface area contributed by atoms with Gasteiger partial charge in [0.2, 0.25) is 0 Å². The van der Waals surface area contributed by atoms with Crippen LogP contribution in [0.15, 0.2) is 41.0 Å². The summed E-state index contributed by atoms with van der Waals surface area (Å²) in [4.78, 5) is 0. The van der Waals surface area contributed by atoms with Crippen LogP contribution in [0.1, 0.15) is 29.9 Å². The second-order valence-electron chi connectivity index (χ2n) is 4.18. The minimum atomic E-state index is 0.248. The van der Waals surface area contributed by atoms with Crippen LogP contribution in [0.3, 0.4) is 0 Å². The molecule has 0 bridgehead atoms. The molecule has 1 heterocycles. The monoisotopic (exact) mass is 249 g/mol. The van der Waals surface area contributed by atoms with Crippen LogP contribution in [-0.4, -0.2) is 0 Å².